The minimum absolute atomic E-state index is 0.551. The molecule has 0 amide bonds. The highest BCUT2D eigenvalue weighted by molar-refractivity contribution is 5.58. The van der Waals surface area contributed by atoms with E-state index in [1.165, 1.54) is 19.3 Å². The maximum atomic E-state index is 5.98. The third-order valence-corrected chi connectivity index (χ3v) is 3.43. The van der Waals surface area contributed by atoms with Crippen LogP contribution in [0.1, 0.15) is 24.8 Å². The lowest BCUT2D eigenvalue weighted by Crippen LogP contribution is -2.16. The molecule has 0 atom stereocenters. The second-order valence-electron chi connectivity index (χ2n) is 4.98. The van der Waals surface area contributed by atoms with Gasteiger partial charge in [0.05, 0.1) is 6.61 Å². The quantitative estimate of drug-likeness (QED) is 0.643. The van der Waals surface area contributed by atoms with E-state index in [0.717, 1.165) is 29.6 Å². The van der Waals surface area contributed by atoms with Gasteiger partial charge in [-0.05, 0) is 18.4 Å². The molecule has 0 spiro atoms. The molecule has 4 heteroatoms. The molecule has 1 aliphatic carbocycles. The molecular formula is C14H19NO3. The summed E-state index contributed by atoms with van der Waals surface area (Å²) in [4.78, 5) is 0. The van der Waals surface area contributed by atoms with Crippen molar-refractivity contribution in [3.8, 4) is 11.5 Å². The van der Waals surface area contributed by atoms with Crippen molar-refractivity contribution in [1.82, 2.24) is 0 Å². The second-order valence-corrected chi connectivity index (χ2v) is 4.98. The standard InChI is InChI=1S/C14H19NO3/c15-12-8-14-13(17-5-6-18-14)7-11(12)9-16-4-3-10-1-2-10/h7-8,10H,1-6,9,15H2. The van der Waals surface area contributed by atoms with Gasteiger partial charge in [0.15, 0.2) is 11.5 Å². The van der Waals surface area contributed by atoms with Crippen molar-refractivity contribution in [2.45, 2.75) is 25.9 Å². The van der Waals surface area contributed by atoms with Crippen LogP contribution in [-0.2, 0) is 11.3 Å². The van der Waals surface area contributed by atoms with Gasteiger partial charge in [0.2, 0.25) is 0 Å². The van der Waals surface area contributed by atoms with Crippen LogP contribution >= 0.6 is 0 Å². The van der Waals surface area contributed by atoms with Crippen molar-refractivity contribution in [3.05, 3.63) is 17.7 Å². The van der Waals surface area contributed by atoms with E-state index in [9.17, 15) is 0 Å². The maximum absolute atomic E-state index is 5.98. The highest BCUT2D eigenvalue weighted by Crippen LogP contribution is 2.35. The van der Waals surface area contributed by atoms with Gasteiger partial charge in [-0.25, -0.2) is 0 Å². The molecule has 0 unspecified atom stereocenters. The zero-order valence-corrected chi connectivity index (χ0v) is 10.5. The normalized spacial score (nSPS) is 17.8. The molecule has 1 saturated carbocycles. The summed E-state index contributed by atoms with van der Waals surface area (Å²) < 4.78 is 16.7. The molecule has 0 saturated heterocycles. The van der Waals surface area contributed by atoms with Crippen LogP contribution in [0.25, 0.3) is 0 Å². The van der Waals surface area contributed by atoms with Crippen molar-refractivity contribution in [1.29, 1.82) is 0 Å². The molecule has 1 aromatic rings. The molecule has 98 valence electrons. The molecule has 2 N–H and O–H groups in total. The lowest BCUT2D eigenvalue weighted by molar-refractivity contribution is 0.114. The van der Waals surface area contributed by atoms with E-state index in [0.29, 0.717) is 25.5 Å². The molecule has 3 rings (SSSR count). The van der Waals surface area contributed by atoms with Crippen LogP contribution in [0.15, 0.2) is 12.1 Å². The molecule has 0 radical (unpaired) electrons. The van der Waals surface area contributed by atoms with Gasteiger partial charge in [-0.3, -0.25) is 0 Å². The van der Waals surface area contributed by atoms with Gasteiger partial charge in [0.1, 0.15) is 13.2 Å². The highest BCUT2D eigenvalue weighted by Gasteiger charge is 2.20. The molecule has 1 fully saturated rings. The number of rotatable bonds is 5. The molecule has 1 aliphatic heterocycles. The van der Waals surface area contributed by atoms with E-state index in [2.05, 4.69) is 0 Å². The van der Waals surface area contributed by atoms with E-state index >= 15 is 0 Å². The SMILES string of the molecule is Nc1cc2c(cc1COCCC1CC1)OCCO2. The van der Waals surface area contributed by atoms with Gasteiger partial charge in [0.25, 0.3) is 0 Å². The first kappa shape index (κ1) is 11.7. The fourth-order valence-electron chi connectivity index (χ4n) is 2.11. The summed E-state index contributed by atoms with van der Waals surface area (Å²) >= 11 is 0. The Balaban J connectivity index is 1.59. The first-order valence-electron chi connectivity index (χ1n) is 6.58. The third-order valence-electron chi connectivity index (χ3n) is 3.43. The maximum Gasteiger partial charge on any atom is 0.163 e. The van der Waals surface area contributed by atoms with Gasteiger partial charge in [0, 0.05) is 23.9 Å². The number of benzene rings is 1. The summed E-state index contributed by atoms with van der Waals surface area (Å²) in [5.41, 5.74) is 7.68. The zero-order chi connectivity index (χ0) is 12.4. The summed E-state index contributed by atoms with van der Waals surface area (Å²) in [5, 5.41) is 0. The minimum atomic E-state index is 0.551. The summed E-state index contributed by atoms with van der Waals surface area (Å²) in [5.74, 6) is 2.42. The molecule has 0 bridgehead atoms. The first-order chi connectivity index (χ1) is 8.83. The fraction of sp³-hybridized carbons (Fsp3) is 0.571. The minimum Gasteiger partial charge on any atom is -0.486 e. The van der Waals surface area contributed by atoms with Crippen LogP contribution in [0.3, 0.4) is 0 Å². The Morgan fingerprint density at radius 2 is 1.89 bits per heavy atom. The lowest BCUT2D eigenvalue weighted by Gasteiger charge is -2.20. The van der Waals surface area contributed by atoms with Gasteiger partial charge in [-0.2, -0.15) is 0 Å². The predicted molar refractivity (Wildman–Crippen MR) is 68.8 cm³/mol. The number of hydrogen-bond acceptors (Lipinski definition) is 4. The van der Waals surface area contributed by atoms with Crippen LogP contribution in [0.2, 0.25) is 0 Å². The Morgan fingerprint density at radius 3 is 2.61 bits per heavy atom. The summed E-state index contributed by atoms with van der Waals surface area (Å²) in [7, 11) is 0. The Bertz CT molecular complexity index is 429. The topological polar surface area (TPSA) is 53.7 Å². The van der Waals surface area contributed by atoms with Crippen LogP contribution in [0.4, 0.5) is 5.69 Å². The number of nitrogen functional groups attached to an aromatic ring is 1. The lowest BCUT2D eigenvalue weighted by atomic mass is 10.1. The monoisotopic (exact) mass is 249 g/mol. The molecule has 18 heavy (non-hydrogen) atoms. The average molecular weight is 249 g/mol. The number of ether oxygens (including phenoxy) is 3. The molecule has 4 nitrogen and oxygen atoms in total. The van der Waals surface area contributed by atoms with E-state index in [4.69, 9.17) is 19.9 Å². The highest BCUT2D eigenvalue weighted by atomic mass is 16.6. The Labute approximate surface area is 107 Å². The smallest absolute Gasteiger partial charge is 0.163 e. The molecule has 1 aromatic carbocycles. The largest absolute Gasteiger partial charge is 0.486 e. The van der Waals surface area contributed by atoms with Crippen molar-refractivity contribution in [3.63, 3.8) is 0 Å². The summed E-state index contributed by atoms with van der Waals surface area (Å²) in [6.07, 6.45) is 3.91. The van der Waals surface area contributed by atoms with Gasteiger partial charge in [-0.1, -0.05) is 12.8 Å². The number of hydrogen-bond donors (Lipinski definition) is 1. The molecule has 1 heterocycles. The molecule has 2 aliphatic rings. The van der Waals surface area contributed by atoms with Crippen LogP contribution in [0.5, 0.6) is 11.5 Å². The number of anilines is 1. The average Bonchev–Trinajstić information content (AvgIpc) is 3.19. The van der Waals surface area contributed by atoms with Crippen molar-refractivity contribution < 1.29 is 14.2 Å². The van der Waals surface area contributed by atoms with E-state index < -0.39 is 0 Å². The number of fused-ring (bicyclic) bond motifs is 1. The fourth-order valence-corrected chi connectivity index (χ4v) is 2.11. The van der Waals surface area contributed by atoms with Crippen LogP contribution in [-0.4, -0.2) is 19.8 Å². The first-order valence-corrected chi connectivity index (χ1v) is 6.58. The van der Waals surface area contributed by atoms with Crippen LogP contribution in [0, 0.1) is 5.92 Å². The van der Waals surface area contributed by atoms with Crippen LogP contribution < -0.4 is 15.2 Å². The number of nitrogens with two attached hydrogens (primary N) is 1. The second kappa shape index (κ2) is 5.06. The molecule has 0 aromatic heterocycles. The van der Waals surface area contributed by atoms with Crippen molar-refractivity contribution >= 4 is 5.69 Å². The Morgan fingerprint density at radius 1 is 1.17 bits per heavy atom. The van der Waals surface area contributed by atoms with Gasteiger partial charge >= 0.3 is 0 Å². The van der Waals surface area contributed by atoms with E-state index in [1.807, 2.05) is 12.1 Å². The Hall–Kier alpha value is -1.42. The van der Waals surface area contributed by atoms with Crippen molar-refractivity contribution in [2.75, 3.05) is 25.6 Å². The Kier molecular flexibility index (Phi) is 3.28. The van der Waals surface area contributed by atoms with Gasteiger partial charge < -0.3 is 19.9 Å². The summed E-state index contributed by atoms with van der Waals surface area (Å²) in [6.45, 7) is 2.55. The summed E-state index contributed by atoms with van der Waals surface area (Å²) in [6, 6.07) is 3.76. The predicted octanol–water partition coefficient (Wildman–Crippen LogP) is 2.36. The van der Waals surface area contributed by atoms with Crippen molar-refractivity contribution in [2.24, 2.45) is 5.92 Å². The third kappa shape index (κ3) is 2.70. The van der Waals surface area contributed by atoms with Gasteiger partial charge in [-0.15, -0.1) is 0 Å². The van der Waals surface area contributed by atoms with E-state index in [1.54, 1.807) is 0 Å². The zero-order valence-electron chi connectivity index (χ0n) is 10.5. The van der Waals surface area contributed by atoms with E-state index in [-0.39, 0.29) is 0 Å². The molecular weight excluding hydrogens is 230 g/mol.